The average molecular weight is 413 g/mol. The Bertz CT molecular complexity index is 857. The predicted molar refractivity (Wildman–Crippen MR) is 116 cm³/mol. The van der Waals surface area contributed by atoms with Crippen LogP contribution in [-0.2, 0) is 16.0 Å². The molecule has 0 saturated carbocycles. The molecule has 3 rings (SSSR count). The van der Waals surface area contributed by atoms with Crippen LogP contribution in [0.4, 0.5) is 4.79 Å². The van der Waals surface area contributed by atoms with Crippen molar-refractivity contribution < 1.29 is 14.3 Å². The second-order valence-electron chi connectivity index (χ2n) is 8.84. The maximum absolute atomic E-state index is 12.9. The molecule has 0 bridgehead atoms. The first-order chi connectivity index (χ1) is 14.2. The molecule has 1 aromatic heterocycles. The van der Waals surface area contributed by atoms with Gasteiger partial charge in [-0.05, 0) is 52.5 Å². The number of amides is 2. The van der Waals surface area contributed by atoms with Crippen LogP contribution in [0, 0.1) is 0 Å². The molecule has 162 valence electrons. The Morgan fingerprint density at radius 2 is 2.00 bits per heavy atom. The number of aromatic nitrogens is 2. The van der Waals surface area contributed by atoms with Gasteiger partial charge in [0.2, 0.25) is 5.91 Å². The smallest absolute Gasteiger partial charge is 0.410 e. The summed E-state index contributed by atoms with van der Waals surface area (Å²) in [5.74, 6) is -0.0204. The number of likely N-dealkylation sites (tertiary alicyclic amines) is 1. The van der Waals surface area contributed by atoms with Gasteiger partial charge in [0.15, 0.2) is 0 Å². The van der Waals surface area contributed by atoms with E-state index in [1.54, 1.807) is 16.8 Å². The second kappa shape index (κ2) is 9.32. The summed E-state index contributed by atoms with van der Waals surface area (Å²) in [6, 6.07) is 11.7. The number of nitrogens with zero attached hydrogens (tertiary/aromatic N) is 3. The molecule has 1 saturated heterocycles. The van der Waals surface area contributed by atoms with Crippen LogP contribution in [0.25, 0.3) is 11.3 Å². The zero-order chi connectivity index (χ0) is 21.7. The van der Waals surface area contributed by atoms with E-state index in [4.69, 9.17) is 4.74 Å². The number of nitrogens with one attached hydrogen (secondary N) is 1. The number of aromatic amines is 1. The van der Waals surface area contributed by atoms with Crippen LogP contribution in [0.2, 0.25) is 0 Å². The summed E-state index contributed by atoms with van der Waals surface area (Å²) in [4.78, 5) is 28.7. The molecule has 0 aliphatic carbocycles. The predicted octanol–water partition coefficient (Wildman–Crippen LogP) is 3.87. The third kappa shape index (κ3) is 5.62. The van der Waals surface area contributed by atoms with Crippen molar-refractivity contribution in [2.45, 2.75) is 58.1 Å². The molecular formula is C23H32N4O3. The van der Waals surface area contributed by atoms with Gasteiger partial charge in [-0.1, -0.05) is 30.3 Å². The highest BCUT2D eigenvalue weighted by Crippen LogP contribution is 2.22. The Kier molecular flexibility index (Phi) is 6.80. The van der Waals surface area contributed by atoms with Gasteiger partial charge < -0.3 is 9.64 Å². The van der Waals surface area contributed by atoms with Crippen LogP contribution in [-0.4, -0.2) is 63.8 Å². The van der Waals surface area contributed by atoms with Gasteiger partial charge in [-0.25, -0.2) is 4.79 Å². The minimum atomic E-state index is -0.568. The van der Waals surface area contributed by atoms with Crippen molar-refractivity contribution >= 4 is 12.0 Å². The number of carbonyl (C=O) groups excluding carboxylic acids is 2. The van der Waals surface area contributed by atoms with Gasteiger partial charge in [-0.15, -0.1) is 0 Å². The Labute approximate surface area is 178 Å². The van der Waals surface area contributed by atoms with Crippen LogP contribution in [0.5, 0.6) is 0 Å². The molecule has 2 heterocycles. The number of likely N-dealkylation sites (N-methyl/N-ethyl adjacent to an activating group) is 1. The molecule has 0 radical (unpaired) electrons. The lowest BCUT2D eigenvalue weighted by Crippen LogP contribution is -2.48. The lowest BCUT2D eigenvalue weighted by Gasteiger charge is -2.30. The van der Waals surface area contributed by atoms with Crippen LogP contribution in [0.1, 0.15) is 45.7 Å². The van der Waals surface area contributed by atoms with Gasteiger partial charge in [-0.2, -0.15) is 5.10 Å². The summed E-state index contributed by atoms with van der Waals surface area (Å²) >= 11 is 0. The van der Waals surface area contributed by atoms with E-state index in [1.165, 1.54) is 0 Å². The number of aryl methyl sites for hydroxylation is 1. The van der Waals surface area contributed by atoms with E-state index in [2.05, 4.69) is 16.3 Å². The molecule has 0 unspecified atom stereocenters. The maximum Gasteiger partial charge on any atom is 0.410 e. The van der Waals surface area contributed by atoms with E-state index in [0.29, 0.717) is 19.5 Å². The number of rotatable bonds is 6. The third-order valence-corrected chi connectivity index (χ3v) is 5.18. The summed E-state index contributed by atoms with van der Waals surface area (Å²) < 4.78 is 5.46. The molecule has 30 heavy (non-hydrogen) atoms. The highest BCUT2D eigenvalue weighted by Gasteiger charge is 2.37. The van der Waals surface area contributed by atoms with Crippen molar-refractivity contribution in [3.63, 3.8) is 0 Å². The van der Waals surface area contributed by atoms with Crippen LogP contribution in [0.15, 0.2) is 36.4 Å². The summed E-state index contributed by atoms with van der Waals surface area (Å²) in [6.45, 7) is 6.69. The van der Waals surface area contributed by atoms with Gasteiger partial charge in [0.05, 0.1) is 5.69 Å². The first kappa shape index (κ1) is 21.9. The number of carbonyl (C=O) groups is 2. The Morgan fingerprint density at radius 3 is 2.70 bits per heavy atom. The van der Waals surface area contributed by atoms with Crippen molar-refractivity contribution in [3.05, 3.63) is 42.1 Å². The minimum Gasteiger partial charge on any atom is -0.444 e. The quantitative estimate of drug-likeness (QED) is 0.781. The van der Waals surface area contributed by atoms with Crippen molar-refractivity contribution in [2.24, 2.45) is 0 Å². The fourth-order valence-corrected chi connectivity index (χ4v) is 3.68. The van der Waals surface area contributed by atoms with Crippen molar-refractivity contribution in [3.8, 4) is 11.3 Å². The highest BCUT2D eigenvalue weighted by molar-refractivity contribution is 5.86. The number of H-pyrrole nitrogens is 1. The zero-order valence-corrected chi connectivity index (χ0v) is 18.4. The molecule has 1 N–H and O–H groups in total. The molecular weight excluding hydrogens is 380 g/mol. The second-order valence-corrected chi connectivity index (χ2v) is 8.84. The van der Waals surface area contributed by atoms with Crippen LogP contribution < -0.4 is 0 Å². The Balaban J connectivity index is 1.50. The summed E-state index contributed by atoms with van der Waals surface area (Å²) in [5, 5.41) is 7.46. The average Bonchev–Trinajstić information content (AvgIpc) is 3.36. The standard InChI is InChI=1S/C23H32N4O3/c1-23(2,3)30-22(29)27-15-9-13-20(27)21(28)26(4)14-8-12-18-16-19(25-24-18)17-10-6-5-7-11-17/h5-7,10-11,16,20H,8-9,12-15H2,1-4H3,(H,24,25)/t20-/m0/s1. The molecule has 7 nitrogen and oxygen atoms in total. The van der Waals surface area contributed by atoms with E-state index in [-0.39, 0.29) is 5.91 Å². The third-order valence-electron chi connectivity index (χ3n) is 5.18. The van der Waals surface area contributed by atoms with Crippen LogP contribution >= 0.6 is 0 Å². The number of hydrogen-bond acceptors (Lipinski definition) is 4. The van der Waals surface area contributed by atoms with Crippen LogP contribution in [0.3, 0.4) is 0 Å². The molecule has 0 spiro atoms. The van der Waals surface area contributed by atoms with E-state index in [0.717, 1.165) is 36.2 Å². The van der Waals surface area contributed by atoms with Crippen molar-refractivity contribution in [2.75, 3.05) is 20.1 Å². The van der Waals surface area contributed by atoms with Gasteiger partial charge >= 0.3 is 6.09 Å². The number of benzene rings is 1. The molecule has 1 atom stereocenters. The van der Waals surface area contributed by atoms with E-state index < -0.39 is 17.7 Å². The van der Waals surface area contributed by atoms with Gasteiger partial charge in [0.1, 0.15) is 11.6 Å². The number of hydrogen-bond donors (Lipinski definition) is 1. The molecule has 7 heteroatoms. The maximum atomic E-state index is 12.9. The Hall–Kier alpha value is -2.83. The van der Waals surface area contributed by atoms with E-state index in [9.17, 15) is 9.59 Å². The monoisotopic (exact) mass is 412 g/mol. The summed E-state index contributed by atoms with van der Waals surface area (Å²) in [5.41, 5.74) is 2.48. The Morgan fingerprint density at radius 1 is 1.27 bits per heavy atom. The minimum absolute atomic E-state index is 0.0204. The van der Waals surface area contributed by atoms with E-state index >= 15 is 0 Å². The van der Waals surface area contributed by atoms with Crippen molar-refractivity contribution in [1.82, 2.24) is 20.0 Å². The fraction of sp³-hybridized carbons (Fsp3) is 0.522. The lowest BCUT2D eigenvalue weighted by atomic mass is 10.1. The first-order valence-electron chi connectivity index (χ1n) is 10.6. The summed E-state index contributed by atoms with van der Waals surface area (Å²) in [6.07, 6.45) is 2.72. The summed E-state index contributed by atoms with van der Waals surface area (Å²) in [7, 11) is 1.80. The van der Waals surface area contributed by atoms with E-state index in [1.807, 2.05) is 51.1 Å². The highest BCUT2D eigenvalue weighted by atomic mass is 16.6. The zero-order valence-electron chi connectivity index (χ0n) is 18.4. The normalized spacial score (nSPS) is 16.5. The van der Waals surface area contributed by atoms with Gasteiger partial charge in [-0.3, -0.25) is 14.8 Å². The van der Waals surface area contributed by atoms with Gasteiger partial charge in [0, 0.05) is 31.4 Å². The molecule has 1 fully saturated rings. The van der Waals surface area contributed by atoms with Crippen molar-refractivity contribution in [1.29, 1.82) is 0 Å². The lowest BCUT2D eigenvalue weighted by molar-refractivity contribution is -0.134. The SMILES string of the molecule is CN(CCCc1cc(-c2ccccc2)n[nH]1)C(=O)[C@@H]1CCCN1C(=O)OC(C)(C)C. The largest absolute Gasteiger partial charge is 0.444 e. The molecule has 2 aromatic rings. The molecule has 1 aliphatic rings. The number of ether oxygens (including phenoxy) is 1. The molecule has 1 aliphatic heterocycles. The fourth-order valence-electron chi connectivity index (χ4n) is 3.68. The van der Waals surface area contributed by atoms with Gasteiger partial charge in [0.25, 0.3) is 0 Å². The molecule has 2 amide bonds. The molecule has 1 aromatic carbocycles. The first-order valence-corrected chi connectivity index (χ1v) is 10.6. The topological polar surface area (TPSA) is 78.5 Å².